The summed E-state index contributed by atoms with van der Waals surface area (Å²) in [7, 11) is 2.20. The fraction of sp³-hybridized carbons (Fsp3) is 0.909. The van der Waals surface area contributed by atoms with Gasteiger partial charge in [0.25, 0.3) is 0 Å². The number of hydrogen-bond donors (Lipinski definition) is 1. The highest BCUT2D eigenvalue weighted by atomic mass is 16.4. The maximum Gasteiger partial charge on any atom is 0.303 e. The molecule has 0 aromatic rings. The molecule has 1 N–H and O–H groups in total. The van der Waals surface area contributed by atoms with E-state index in [0.29, 0.717) is 18.4 Å². The van der Waals surface area contributed by atoms with Crippen molar-refractivity contribution in [3.05, 3.63) is 0 Å². The molecule has 0 bridgehead atoms. The fourth-order valence-corrected chi connectivity index (χ4v) is 2.63. The quantitative estimate of drug-likeness (QED) is 0.746. The number of carboxylic acid groups (broad SMARTS) is 1. The molecule has 2 fully saturated rings. The second-order valence-corrected chi connectivity index (χ2v) is 4.83. The van der Waals surface area contributed by atoms with Crippen LogP contribution in [0.3, 0.4) is 0 Å². The first-order valence-corrected chi connectivity index (χ1v) is 5.60. The van der Waals surface area contributed by atoms with Crippen molar-refractivity contribution in [1.82, 2.24) is 4.90 Å². The average Bonchev–Trinajstić information content (AvgIpc) is 2.86. The van der Waals surface area contributed by atoms with E-state index in [0.717, 1.165) is 18.9 Å². The molecular weight excluding hydrogens is 178 g/mol. The first kappa shape index (κ1) is 9.97. The van der Waals surface area contributed by atoms with E-state index in [-0.39, 0.29) is 0 Å². The first-order chi connectivity index (χ1) is 6.66. The topological polar surface area (TPSA) is 40.5 Å². The highest BCUT2D eigenvalue weighted by Crippen LogP contribution is 2.36. The smallest absolute Gasteiger partial charge is 0.303 e. The summed E-state index contributed by atoms with van der Waals surface area (Å²) in [6.07, 6.45) is 6.46. The van der Waals surface area contributed by atoms with Crippen molar-refractivity contribution < 1.29 is 9.90 Å². The van der Waals surface area contributed by atoms with Gasteiger partial charge in [0.1, 0.15) is 0 Å². The molecule has 0 radical (unpaired) electrons. The van der Waals surface area contributed by atoms with E-state index in [2.05, 4.69) is 11.9 Å². The Kier molecular flexibility index (Phi) is 2.77. The Morgan fingerprint density at radius 2 is 1.93 bits per heavy atom. The highest BCUT2D eigenvalue weighted by Gasteiger charge is 2.35. The van der Waals surface area contributed by atoms with E-state index < -0.39 is 5.97 Å². The molecule has 2 unspecified atom stereocenters. The summed E-state index contributed by atoms with van der Waals surface area (Å²) in [6.45, 7) is 0. The van der Waals surface area contributed by atoms with Crippen LogP contribution in [0.4, 0.5) is 0 Å². The van der Waals surface area contributed by atoms with Crippen molar-refractivity contribution in [1.29, 1.82) is 0 Å². The van der Waals surface area contributed by atoms with E-state index in [9.17, 15) is 4.79 Å². The molecule has 3 nitrogen and oxygen atoms in total. The van der Waals surface area contributed by atoms with Gasteiger partial charge in [-0.3, -0.25) is 4.79 Å². The molecular formula is C11H19NO2. The third-order valence-corrected chi connectivity index (χ3v) is 3.68. The molecule has 14 heavy (non-hydrogen) atoms. The van der Waals surface area contributed by atoms with E-state index >= 15 is 0 Å². The minimum atomic E-state index is -0.635. The normalized spacial score (nSPS) is 32.4. The Morgan fingerprint density at radius 1 is 1.29 bits per heavy atom. The van der Waals surface area contributed by atoms with Gasteiger partial charge in [0.15, 0.2) is 0 Å². The standard InChI is InChI=1S/C11H19NO2/c1-12(9-4-5-9)10-3-2-8(6-10)7-11(13)14/h8-10H,2-7H2,1H3,(H,13,14). The lowest BCUT2D eigenvalue weighted by atomic mass is 10.0. The number of rotatable bonds is 4. The average molecular weight is 197 g/mol. The van der Waals surface area contributed by atoms with Crippen LogP contribution in [0.1, 0.15) is 38.5 Å². The van der Waals surface area contributed by atoms with Crippen LogP contribution in [-0.2, 0) is 4.79 Å². The second kappa shape index (κ2) is 3.89. The van der Waals surface area contributed by atoms with Gasteiger partial charge in [-0.25, -0.2) is 0 Å². The van der Waals surface area contributed by atoms with E-state index in [4.69, 9.17) is 5.11 Å². The Bertz CT molecular complexity index is 225. The zero-order chi connectivity index (χ0) is 10.1. The van der Waals surface area contributed by atoms with Gasteiger partial charge in [-0.05, 0) is 45.1 Å². The number of nitrogens with zero attached hydrogens (tertiary/aromatic N) is 1. The Morgan fingerprint density at radius 3 is 2.50 bits per heavy atom. The third kappa shape index (κ3) is 2.27. The molecule has 0 aromatic heterocycles. The molecule has 2 atom stereocenters. The van der Waals surface area contributed by atoms with Crippen molar-refractivity contribution in [3.8, 4) is 0 Å². The zero-order valence-electron chi connectivity index (χ0n) is 8.78. The number of aliphatic carboxylic acids is 1. The van der Waals surface area contributed by atoms with Crippen LogP contribution in [0.15, 0.2) is 0 Å². The van der Waals surface area contributed by atoms with E-state index in [1.807, 2.05) is 0 Å². The summed E-state index contributed by atoms with van der Waals surface area (Å²) in [5.41, 5.74) is 0. The lowest BCUT2D eigenvalue weighted by Crippen LogP contribution is -2.31. The van der Waals surface area contributed by atoms with Crippen molar-refractivity contribution >= 4 is 5.97 Å². The van der Waals surface area contributed by atoms with Crippen molar-refractivity contribution in [2.24, 2.45) is 5.92 Å². The molecule has 3 heteroatoms. The van der Waals surface area contributed by atoms with Crippen LogP contribution in [0.5, 0.6) is 0 Å². The Balaban J connectivity index is 1.78. The van der Waals surface area contributed by atoms with Gasteiger partial charge < -0.3 is 10.0 Å². The second-order valence-electron chi connectivity index (χ2n) is 4.83. The van der Waals surface area contributed by atoms with Crippen LogP contribution >= 0.6 is 0 Å². The van der Waals surface area contributed by atoms with Gasteiger partial charge in [-0.15, -0.1) is 0 Å². The molecule has 0 spiro atoms. The van der Waals surface area contributed by atoms with Gasteiger partial charge in [-0.1, -0.05) is 0 Å². The molecule has 2 rings (SSSR count). The summed E-state index contributed by atoms with van der Waals surface area (Å²) < 4.78 is 0. The first-order valence-electron chi connectivity index (χ1n) is 5.60. The molecule has 0 saturated heterocycles. The largest absolute Gasteiger partial charge is 0.481 e. The lowest BCUT2D eigenvalue weighted by Gasteiger charge is -2.23. The van der Waals surface area contributed by atoms with Gasteiger partial charge in [0.2, 0.25) is 0 Å². The molecule has 80 valence electrons. The van der Waals surface area contributed by atoms with Crippen molar-refractivity contribution in [2.75, 3.05) is 7.05 Å². The Hall–Kier alpha value is -0.570. The minimum Gasteiger partial charge on any atom is -0.481 e. The maximum absolute atomic E-state index is 10.6. The van der Waals surface area contributed by atoms with Gasteiger partial charge >= 0.3 is 5.97 Å². The summed E-state index contributed by atoms with van der Waals surface area (Å²) in [5, 5.41) is 8.71. The molecule has 0 heterocycles. The van der Waals surface area contributed by atoms with Crippen LogP contribution in [0.2, 0.25) is 0 Å². The van der Waals surface area contributed by atoms with Crippen molar-refractivity contribution in [3.63, 3.8) is 0 Å². The Labute approximate surface area is 85.1 Å². The predicted octanol–water partition coefficient (Wildman–Crippen LogP) is 1.72. The van der Waals surface area contributed by atoms with Crippen LogP contribution in [-0.4, -0.2) is 35.1 Å². The monoisotopic (exact) mass is 197 g/mol. The van der Waals surface area contributed by atoms with Gasteiger partial charge in [-0.2, -0.15) is 0 Å². The van der Waals surface area contributed by atoms with E-state index in [1.165, 1.54) is 19.3 Å². The minimum absolute atomic E-state index is 0.370. The van der Waals surface area contributed by atoms with Gasteiger partial charge in [0, 0.05) is 18.5 Å². The summed E-state index contributed by atoms with van der Waals surface area (Å²) >= 11 is 0. The molecule has 0 aliphatic heterocycles. The molecule has 2 saturated carbocycles. The summed E-state index contributed by atoms with van der Waals surface area (Å²) in [5.74, 6) is -0.205. The van der Waals surface area contributed by atoms with Crippen LogP contribution < -0.4 is 0 Å². The van der Waals surface area contributed by atoms with Crippen LogP contribution in [0.25, 0.3) is 0 Å². The lowest BCUT2D eigenvalue weighted by molar-refractivity contribution is -0.138. The maximum atomic E-state index is 10.6. The fourth-order valence-electron chi connectivity index (χ4n) is 2.63. The SMILES string of the molecule is CN(C1CC1)C1CCC(CC(=O)O)C1. The number of carboxylic acids is 1. The number of carbonyl (C=O) groups is 1. The highest BCUT2D eigenvalue weighted by molar-refractivity contribution is 5.67. The summed E-state index contributed by atoms with van der Waals surface area (Å²) in [6, 6.07) is 1.47. The number of hydrogen-bond acceptors (Lipinski definition) is 2. The predicted molar refractivity (Wildman–Crippen MR) is 54.2 cm³/mol. The van der Waals surface area contributed by atoms with Gasteiger partial charge in [0.05, 0.1) is 0 Å². The third-order valence-electron chi connectivity index (χ3n) is 3.68. The molecule has 2 aliphatic rings. The van der Waals surface area contributed by atoms with Crippen molar-refractivity contribution in [2.45, 2.75) is 50.6 Å². The molecule has 2 aliphatic carbocycles. The molecule has 0 amide bonds. The van der Waals surface area contributed by atoms with E-state index in [1.54, 1.807) is 0 Å². The summed E-state index contributed by atoms with van der Waals surface area (Å²) in [4.78, 5) is 13.0. The van der Waals surface area contributed by atoms with Crippen LogP contribution in [0, 0.1) is 5.92 Å². The zero-order valence-corrected chi connectivity index (χ0v) is 8.78. The molecule has 0 aromatic carbocycles.